The number of aryl methyl sites for hydroxylation is 1. The number of hydrogen-bond donors (Lipinski definition) is 0. The van der Waals surface area contributed by atoms with Gasteiger partial charge in [-0.05, 0) is 13.0 Å². The van der Waals surface area contributed by atoms with E-state index in [2.05, 4.69) is 9.36 Å². The van der Waals surface area contributed by atoms with Gasteiger partial charge in [0, 0.05) is 30.7 Å². The molecule has 16 heavy (non-hydrogen) atoms. The molecule has 0 amide bonds. The molecule has 0 saturated carbocycles. The Kier molecular flexibility index (Phi) is 3.14. The van der Waals surface area contributed by atoms with Crippen molar-refractivity contribution in [3.8, 4) is 0 Å². The Morgan fingerprint density at radius 2 is 2.12 bits per heavy atom. The van der Waals surface area contributed by atoms with Crippen molar-refractivity contribution < 1.29 is 4.39 Å². The SMILES string of the molecule is Cc1nsc(N(C)Cc2ccccc2F)n1. The maximum absolute atomic E-state index is 13.4. The Hall–Kier alpha value is -1.49. The maximum Gasteiger partial charge on any atom is 0.205 e. The predicted octanol–water partition coefficient (Wildman–Crippen LogP) is 2.62. The standard InChI is InChI=1S/C11H12FN3S/c1-8-13-11(16-14-8)15(2)7-9-5-3-4-6-10(9)12/h3-6H,7H2,1-2H3. The Morgan fingerprint density at radius 1 is 1.38 bits per heavy atom. The second-order valence-electron chi connectivity index (χ2n) is 3.57. The number of hydrogen-bond acceptors (Lipinski definition) is 4. The highest BCUT2D eigenvalue weighted by atomic mass is 32.1. The molecule has 0 bridgehead atoms. The van der Waals surface area contributed by atoms with Gasteiger partial charge in [0.05, 0.1) is 0 Å². The highest BCUT2D eigenvalue weighted by Crippen LogP contribution is 2.18. The monoisotopic (exact) mass is 237 g/mol. The van der Waals surface area contributed by atoms with Crippen molar-refractivity contribution in [3.63, 3.8) is 0 Å². The molecule has 0 fully saturated rings. The molecule has 3 nitrogen and oxygen atoms in total. The summed E-state index contributed by atoms with van der Waals surface area (Å²) in [6, 6.07) is 6.76. The fourth-order valence-corrected chi connectivity index (χ4v) is 2.02. The summed E-state index contributed by atoms with van der Waals surface area (Å²) >= 11 is 1.33. The molecule has 1 aromatic heterocycles. The van der Waals surface area contributed by atoms with Crippen molar-refractivity contribution >= 4 is 16.7 Å². The van der Waals surface area contributed by atoms with Gasteiger partial charge >= 0.3 is 0 Å². The highest BCUT2D eigenvalue weighted by molar-refractivity contribution is 7.09. The van der Waals surface area contributed by atoms with E-state index in [0.717, 1.165) is 11.0 Å². The van der Waals surface area contributed by atoms with Crippen LogP contribution in [0.4, 0.5) is 9.52 Å². The normalized spacial score (nSPS) is 10.4. The van der Waals surface area contributed by atoms with Crippen LogP contribution in [-0.4, -0.2) is 16.4 Å². The molecule has 84 valence electrons. The molecule has 0 aliphatic carbocycles. The van der Waals surface area contributed by atoms with Crippen molar-refractivity contribution in [1.82, 2.24) is 9.36 Å². The fraction of sp³-hybridized carbons (Fsp3) is 0.273. The molecule has 0 saturated heterocycles. The van der Waals surface area contributed by atoms with Crippen molar-refractivity contribution in [3.05, 3.63) is 41.5 Å². The van der Waals surface area contributed by atoms with Gasteiger partial charge in [-0.25, -0.2) is 9.37 Å². The predicted molar refractivity (Wildman–Crippen MR) is 63.2 cm³/mol. The van der Waals surface area contributed by atoms with Crippen LogP contribution in [0.1, 0.15) is 11.4 Å². The minimum Gasteiger partial charge on any atom is -0.345 e. The molecule has 1 heterocycles. The molecule has 5 heteroatoms. The zero-order valence-electron chi connectivity index (χ0n) is 9.14. The van der Waals surface area contributed by atoms with Crippen LogP contribution >= 0.6 is 11.5 Å². The lowest BCUT2D eigenvalue weighted by molar-refractivity contribution is 0.608. The number of benzene rings is 1. The van der Waals surface area contributed by atoms with Crippen LogP contribution in [-0.2, 0) is 6.54 Å². The molecule has 0 aliphatic rings. The van der Waals surface area contributed by atoms with E-state index in [4.69, 9.17) is 0 Å². The summed E-state index contributed by atoms with van der Waals surface area (Å²) < 4.78 is 17.5. The molecule has 0 atom stereocenters. The highest BCUT2D eigenvalue weighted by Gasteiger charge is 2.09. The fourth-order valence-electron chi connectivity index (χ4n) is 1.39. The summed E-state index contributed by atoms with van der Waals surface area (Å²) in [6.07, 6.45) is 0. The van der Waals surface area contributed by atoms with Gasteiger partial charge in [0.25, 0.3) is 0 Å². The summed E-state index contributed by atoms with van der Waals surface area (Å²) in [5.74, 6) is 0.566. The molecular weight excluding hydrogens is 225 g/mol. The molecule has 0 radical (unpaired) electrons. The largest absolute Gasteiger partial charge is 0.345 e. The summed E-state index contributed by atoms with van der Waals surface area (Å²) in [4.78, 5) is 6.14. The van der Waals surface area contributed by atoms with Crippen LogP contribution in [0.2, 0.25) is 0 Å². The first-order valence-electron chi connectivity index (χ1n) is 4.91. The third-order valence-corrected chi connectivity index (χ3v) is 3.13. The van der Waals surface area contributed by atoms with Crippen LogP contribution in [0.5, 0.6) is 0 Å². The molecule has 2 rings (SSSR count). The zero-order chi connectivity index (χ0) is 11.5. The van der Waals surface area contributed by atoms with E-state index in [9.17, 15) is 4.39 Å². The van der Waals surface area contributed by atoms with Crippen LogP contribution < -0.4 is 4.90 Å². The smallest absolute Gasteiger partial charge is 0.205 e. The van der Waals surface area contributed by atoms with E-state index < -0.39 is 0 Å². The summed E-state index contributed by atoms with van der Waals surface area (Å²) in [7, 11) is 1.88. The number of aromatic nitrogens is 2. The van der Waals surface area contributed by atoms with Crippen LogP contribution in [0.3, 0.4) is 0 Å². The van der Waals surface area contributed by atoms with Crippen molar-refractivity contribution in [2.24, 2.45) is 0 Å². The minimum absolute atomic E-state index is 0.185. The van der Waals surface area contributed by atoms with Crippen LogP contribution in [0, 0.1) is 12.7 Å². The Morgan fingerprint density at radius 3 is 2.75 bits per heavy atom. The second kappa shape index (κ2) is 4.57. The first-order valence-corrected chi connectivity index (χ1v) is 5.69. The molecule has 2 aromatic rings. The molecule has 0 spiro atoms. The average molecular weight is 237 g/mol. The molecule has 0 unspecified atom stereocenters. The average Bonchev–Trinajstić information content (AvgIpc) is 2.68. The van der Waals surface area contributed by atoms with Crippen molar-refractivity contribution in [2.75, 3.05) is 11.9 Å². The maximum atomic E-state index is 13.4. The third kappa shape index (κ3) is 2.36. The zero-order valence-corrected chi connectivity index (χ0v) is 9.96. The van der Waals surface area contributed by atoms with Gasteiger partial charge < -0.3 is 4.90 Å². The van der Waals surface area contributed by atoms with E-state index in [0.29, 0.717) is 12.1 Å². The van der Waals surface area contributed by atoms with Gasteiger partial charge in [-0.2, -0.15) is 4.37 Å². The van der Waals surface area contributed by atoms with Crippen LogP contribution in [0.25, 0.3) is 0 Å². The first-order chi connectivity index (χ1) is 7.66. The van der Waals surface area contributed by atoms with Crippen molar-refractivity contribution in [2.45, 2.75) is 13.5 Å². The lowest BCUT2D eigenvalue weighted by Gasteiger charge is -2.15. The van der Waals surface area contributed by atoms with Gasteiger partial charge in [0.1, 0.15) is 11.6 Å². The molecule has 1 aromatic carbocycles. The Balaban J connectivity index is 2.13. The summed E-state index contributed by atoms with van der Waals surface area (Å²) in [5.41, 5.74) is 0.665. The van der Waals surface area contributed by atoms with E-state index >= 15 is 0 Å². The first kappa shape index (κ1) is 11.0. The van der Waals surface area contributed by atoms with Crippen molar-refractivity contribution in [1.29, 1.82) is 0 Å². The van der Waals surface area contributed by atoms with E-state index in [-0.39, 0.29) is 5.82 Å². The molecular formula is C11H12FN3S. The summed E-state index contributed by atoms with van der Waals surface area (Å²) in [5, 5.41) is 0.806. The number of halogens is 1. The van der Waals surface area contributed by atoms with Gasteiger partial charge in [-0.15, -0.1) is 0 Å². The quantitative estimate of drug-likeness (QED) is 0.821. The lowest BCUT2D eigenvalue weighted by atomic mass is 10.2. The van der Waals surface area contributed by atoms with E-state index in [1.54, 1.807) is 12.1 Å². The second-order valence-corrected chi connectivity index (χ2v) is 4.30. The van der Waals surface area contributed by atoms with E-state index in [1.807, 2.05) is 24.9 Å². The number of anilines is 1. The van der Waals surface area contributed by atoms with Gasteiger partial charge in [-0.1, -0.05) is 18.2 Å². The van der Waals surface area contributed by atoms with Gasteiger partial charge in [0.15, 0.2) is 0 Å². The lowest BCUT2D eigenvalue weighted by Crippen LogP contribution is -2.16. The van der Waals surface area contributed by atoms with Gasteiger partial charge in [-0.3, -0.25) is 0 Å². The molecule has 0 N–H and O–H groups in total. The van der Waals surface area contributed by atoms with Crippen LogP contribution in [0.15, 0.2) is 24.3 Å². The Labute approximate surface area is 97.7 Å². The minimum atomic E-state index is -0.185. The topological polar surface area (TPSA) is 29.0 Å². The third-order valence-electron chi connectivity index (χ3n) is 2.21. The van der Waals surface area contributed by atoms with E-state index in [1.165, 1.54) is 17.6 Å². The number of rotatable bonds is 3. The van der Waals surface area contributed by atoms with Gasteiger partial charge in [0.2, 0.25) is 5.13 Å². The number of nitrogens with zero attached hydrogens (tertiary/aromatic N) is 3. The summed E-state index contributed by atoms with van der Waals surface area (Å²) in [6.45, 7) is 2.35. The molecule has 0 aliphatic heterocycles. The Bertz CT molecular complexity index is 484.